The van der Waals surface area contributed by atoms with Crippen molar-refractivity contribution >= 4 is 33.8 Å². The minimum Gasteiger partial charge on any atom is -0.489 e. The number of aliphatic hydroxyl groups is 1. The number of ether oxygens (including phenoxy) is 1. The second-order valence-corrected chi connectivity index (χ2v) is 10.8. The third kappa shape index (κ3) is 4.97. The number of anilines is 1. The number of amides is 2. The maximum absolute atomic E-state index is 13.2. The molecule has 3 heterocycles. The molecular formula is C27H30N4O4S. The van der Waals surface area contributed by atoms with Gasteiger partial charge in [-0.1, -0.05) is 31.1 Å². The third-order valence-electron chi connectivity index (χ3n) is 6.67. The molecule has 0 unspecified atom stereocenters. The maximum atomic E-state index is 13.2. The SMILES string of the molecule is CN1C(=O)[C@@H](NC(=O)c2cn3c(C4CCCCC4)csc3n2)COc2ccc(C#CC(C)(C)O)cc21. The van der Waals surface area contributed by atoms with Crippen LogP contribution in [-0.2, 0) is 4.79 Å². The number of rotatable bonds is 3. The second kappa shape index (κ2) is 9.60. The van der Waals surface area contributed by atoms with E-state index in [9.17, 15) is 14.7 Å². The standard InChI is InChI=1S/C27H30N4O4S/c1-27(2,34)12-11-17-9-10-23-21(13-17)30(3)25(33)20(15-35-23)28-24(32)19-14-31-22(16-36-26(31)29-19)18-7-5-4-6-8-18/h9-10,13-14,16,18,20,34H,4-8,15H2,1-3H3,(H,28,32)/t20-/m0/s1. The summed E-state index contributed by atoms with van der Waals surface area (Å²) in [4.78, 5) is 33.1. The summed E-state index contributed by atoms with van der Waals surface area (Å²) in [7, 11) is 1.64. The summed E-state index contributed by atoms with van der Waals surface area (Å²) in [5, 5.41) is 14.8. The minimum absolute atomic E-state index is 0.00610. The molecular weight excluding hydrogens is 476 g/mol. The molecule has 5 rings (SSSR count). The number of imidazole rings is 1. The summed E-state index contributed by atoms with van der Waals surface area (Å²) >= 11 is 1.54. The number of benzene rings is 1. The number of carbonyl (C=O) groups is 2. The molecule has 0 saturated heterocycles. The van der Waals surface area contributed by atoms with Gasteiger partial charge in [-0.05, 0) is 44.9 Å². The Morgan fingerprint density at radius 3 is 2.81 bits per heavy atom. The van der Waals surface area contributed by atoms with E-state index in [0.29, 0.717) is 28.6 Å². The van der Waals surface area contributed by atoms with Crippen LogP contribution < -0.4 is 15.0 Å². The van der Waals surface area contributed by atoms with E-state index in [-0.39, 0.29) is 12.5 Å². The van der Waals surface area contributed by atoms with Gasteiger partial charge in [-0.2, -0.15) is 0 Å². The Morgan fingerprint density at radius 1 is 1.28 bits per heavy atom. The quantitative estimate of drug-likeness (QED) is 0.528. The van der Waals surface area contributed by atoms with Gasteiger partial charge >= 0.3 is 0 Å². The van der Waals surface area contributed by atoms with E-state index in [1.165, 1.54) is 41.2 Å². The smallest absolute Gasteiger partial charge is 0.272 e. The summed E-state index contributed by atoms with van der Waals surface area (Å²) in [5.41, 5.74) is 1.58. The van der Waals surface area contributed by atoms with Crippen molar-refractivity contribution in [1.29, 1.82) is 0 Å². The maximum Gasteiger partial charge on any atom is 0.272 e. The van der Waals surface area contributed by atoms with Gasteiger partial charge in [-0.25, -0.2) is 4.98 Å². The van der Waals surface area contributed by atoms with Crippen molar-refractivity contribution in [2.24, 2.45) is 0 Å². The average Bonchev–Trinajstić information content (AvgIpc) is 3.43. The third-order valence-corrected chi connectivity index (χ3v) is 7.52. The van der Waals surface area contributed by atoms with Gasteiger partial charge in [0.25, 0.3) is 11.8 Å². The lowest BCUT2D eigenvalue weighted by atomic mass is 9.87. The zero-order chi connectivity index (χ0) is 25.4. The fraction of sp³-hybridized carbons (Fsp3) is 0.444. The zero-order valence-corrected chi connectivity index (χ0v) is 21.5. The summed E-state index contributed by atoms with van der Waals surface area (Å²) in [6.45, 7) is 3.22. The van der Waals surface area contributed by atoms with Crippen LogP contribution in [0.4, 0.5) is 5.69 Å². The van der Waals surface area contributed by atoms with Gasteiger partial charge in [-0.3, -0.25) is 14.0 Å². The van der Waals surface area contributed by atoms with Crippen molar-refractivity contribution in [3.63, 3.8) is 0 Å². The molecule has 1 atom stereocenters. The van der Waals surface area contributed by atoms with Crippen LogP contribution in [-0.4, -0.2) is 51.6 Å². The second-order valence-electron chi connectivity index (χ2n) is 10.0. The molecule has 1 aromatic carbocycles. The molecule has 1 fully saturated rings. The molecule has 1 aliphatic carbocycles. The number of carbonyl (C=O) groups excluding carboxylic acids is 2. The van der Waals surface area contributed by atoms with Gasteiger partial charge in [0.05, 0.1) is 5.69 Å². The lowest BCUT2D eigenvalue weighted by Gasteiger charge is -2.21. The highest BCUT2D eigenvalue weighted by Gasteiger charge is 2.32. The van der Waals surface area contributed by atoms with Gasteiger partial charge < -0.3 is 20.1 Å². The Hall–Kier alpha value is -3.35. The van der Waals surface area contributed by atoms with Crippen LogP contribution in [0.1, 0.15) is 73.6 Å². The lowest BCUT2D eigenvalue weighted by molar-refractivity contribution is -0.120. The monoisotopic (exact) mass is 506 g/mol. The number of thiazole rings is 1. The van der Waals surface area contributed by atoms with Crippen LogP contribution >= 0.6 is 11.3 Å². The van der Waals surface area contributed by atoms with Crippen LogP contribution in [0.3, 0.4) is 0 Å². The molecule has 1 aliphatic heterocycles. The molecule has 2 aliphatic rings. The number of aromatic nitrogens is 2. The van der Waals surface area contributed by atoms with Crippen LogP contribution in [0.2, 0.25) is 0 Å². The van der Waals surface area contributed by atoms with Crippen molar-refractivity contribution in [1.82, 2.24) is 14.7 Å². The fourth-order valence-electron chi connectivity index (χ4n) is 4.74. The van der Waals surface area contributed by atoms with E-state index in [4.69, 9.17) is 4.74 Å². The molecule has 36 heavy (non-hydrogen) atoms. The minimum atomic E-state index is -1.13. The summed E-state index contributed by atoms with van der Waals surface area (Å²) in [6.07, 6.45) is 7.86. The Bertz CT molecular complexity index is 1370. The molecule has 2 N–H and O–H groups in total. The lowest BCUT2D eigenvalue weighted by Crippen LogP contribution is -2.49. The molecule has 2 amide bonds. The Labute approximate surface area is 214 Å². The Kier molecular flexibility index (Phi) is 6.49. The number of fused-ring (bicyclic) bond motifs is 2. The number of nitrogens with one attached hydrogen (secondary N) is 1. The van der Waals surface area contributed by atoms with Crippen molar-refractivity contribution in [3.8, 4) is 17.6 Å². The molecule has 1 saturated carbocycles. The van der Waals surface area contributed by atoms with E-state index < -0.39 is 17.6 Å². The molecule has 0 radical (unpaired) electrons. The Morgan fingerprint density at radius 2 is 2.06 bits per heavy atom. The van der Waals surface area contributed by atoms with Gasteiger partial charge in [0.1, 0.15) is 29.7 Å². The van der Waals surface area contributed by atoms with Crippen molar-refractivity contribution in [3.05, 3.63) is 46.7 Å². The summed E-state index contributed by atoms with van der Waals surface area (Å²) in [5.74, 6) is 6.02. The first kappa shape index (κ1) is 24.3. The van der Waals surface area contributed by atoms with Gasteiger partial charge in [0.15, 0.2) is 4.96 Å². The molecule has 0 spiro atoms. The Balaban J connectivity index is 1.32. The van der Waals surface area contributed by atoms with Crippen molar-refractivity contribution in [2.75, 3.05) is 18.6 Å². The average molecular weight is 507 g/mol. The molecule has 3 aromatic rings. The van der Waals surface area contributed by atoms with Crippen LogP contribution in [0.15, 0.2) is 29.8 Å². The van der Waals surface area contributed by atoms with E-state index in [2.05, 4.69) is 27.5 Å². The van der Waals surface area contributed by atoms with E-state index in [0.717, 1.165) is 17.8 Å². The topological polar surface area (TPSA) is 96.2 Å². The number of likely N-dealkylation sites (N-methyl/N-ethyl adjacent to an activating group) is 1. The number of hydrogen-bond acceptors (Lipinski definition) is 6. The highest BCUT2D eigenvalue weighted by atomic mass is 32.1. The zero-order valence-electron chi connectivity index (χ0n) is 20.7. The van der Waals surface area contributed by atoms with Crippen molar-refractivity contribution < 1.29 is 19.4 Å². The molecule has 188 valence electrons. The molecule has 8 nitrogen and oxygen atoms in total. The first-order valence-electron chi connectivity index (χ1n) is 12.3. The normalized spacial score (nSPS) is 18.7. The summed E-state index contributed by atoms with van der Waals surface area (Å²) < 4.78 is 7.91. The highest BCUT2D eigenvalue weighted by Crippen LogP contribution is 2.35. The van der Waals surface area contributed by atoms with Gasteiger partial charge in [-0.15, -0.1) is 11.3 Å². The first-order chi connectivity index (χ1) is 17.2. The highest BCUT2D eigenvalue weighted by molar-refractivity contribution is 7.15. The van der Waals surface area contributed by atoms with Crippen molar-refractivity contribution in [2.45, 2.75) is 63.5 Å². The number of hydrogen-bond donors (Lipinski definition) is 2. The number of nitrogens with zero attached hydrogens (tertiary/aromatic N) is 3. The molecule has 0 bridgehead atoms. The van der Waals surface area contributed by atoms with Crippen LogP contribution in [0.25, 0.3) is 4.96 Å². The van der Waals surface area contributed by atoms with E-state index in [1.807, 2.05) is 4.40 Å². The van der Waals surface area contributed by atoms with Gasteiger partial charge in [0.2, 0.25) is 0 Å². The van der Waals surface area contributed by atoms with E-state index >= 15 is 0 Å². The largest absolute Gasteiger partial charge is 0.489 e. The fourth-order valence-corrected chi connectivity index (χ4v) is 5.69. The first-order valence-corrected chi connectivity index (χ1v) is 13.1. The van der Waals surface area contributed by atoms with E-state index in [1.54, 1.807) is 45.3 Å². The predicted molar refractivity (Wildman–Crippen MR) is 139 cm³/mol. The molecule has 9 heteroatoms. The predicted octanol–water partition coefficient (Wildman–Crippen LogP) is 3.72. The molecule has 2 aromatic heterocycles. The summed E-state index contributed by atoms with van der Waals surface area (Å²) in [6, 6.07) is 4.40. The van der Waals surface area contributed by atoms with Crippen LogP contribution in [0, 0.1) is 11.8 Å². The van der Waals surface area contributed by atoms with Crippen LogP contribution in [0.5, 0.6) is 5.75 Å². The van der Waals surface area contributed by atoms with Gasteiger partial charge in [0, 0.05) is 35.8 Å².